The fourth-order valence-corrected chi connectivity index (χ4v) is 10.9. The number of carbonyl (C=O) groups is 1. The second-order valence-electron chi connectivity index (χ2n) is 8.23. The van der Waals surface area contributed by atoms with Gasteiger partial charge in [-0.25, -0.2) is 4.85 Å². The zero-order chi connectivity index (χ0) is 18.8. The van der Waals surface area contributed by atoms with Crippen LogP contribution >= 0.6 is 7.26 Å². The van der Waals surface area contributed by atoms with Crippen molar-refractivity contribution in [3.8, 4) is 0 Å². The standard InChI is InChI=1S/C22H31N2OP/c1-5-26(13-8-6-7-9-14-26)22(11-10-12-22)21(25)24-20-17(2)15-19(23-4)16-18(20)3/h15-16H,5-14H2,1-3H3/p+1. The molecule has 1 saturated carbocycles. The van der Waals surface area contributed by atoms with Crippen molar-refractivity contribution in [1.82, 2.24) is 0 Å². The molecule has 0 radical (unpaired) electrons. The monoisotopic (exact) mass is 371 g/mol. The Bertz CT molecular complexity index is 699. The van der Waals surface area contributed by atoms with Crippen LogP contribution in [0.15, 0.2) is 12.1 Å². The molecule has 1 amide bonds. The van der Waals surface area contributed by atoms with Crippen LogP contribution in [0.2, 0.25) is 0 Å². The van der Waals surface area contributed by atoms with E-state index in [-0.39, 0.29) is 11.1 Å². The molecule has 1 saturated heterocycles. The fourth-order valence-electron chi connectivity index (χ4n) is 5.20. The molecule has 2 aliphatic rings. The average Bonchev–Trinajstić information content (AvgIpc) is 2.83. The van der Waals surface area contributed by atoms with Crippen LogP contribution in [0.25, 0.3) is 4.85 Å². The van der Waals surface area contributed by atoms with E-state index in [9.17, 15) is 4.79 Å². The van der Waals surface area contributed by atoms with E-state index >= 15 is 0 Å². The van der Waals surface area contributed by atoms with Gasteiger partial charge in [0, 0.05) is 12.9 Å². The predicted octanol–water partition coefficient (Wildman–Crippen LogP) is 6.33. The van der Waals surface area contributed by atoms with Gasteiger partial charge in [-0.05, 0) is 76.8 Å². The molecule has 0 unspecified atom stereocenters. The maximum Gasteiger partial charge on any atom is 0.268 e. The van der Waals surface area contributed by atoms with Crippen molar-refractivity contribution in [3.05, 3.63) is 34.7 Å². The molecule has 0 spiro atoms. The Labute approximate surface area is 159 Å². The molecule has 1 N–H and O–H groups in total. The molecule has 1 aromatic carbocycles. The lowest BCUT2D eigenvalue weighted by Gasteiger charge is -2.49. The lowest BCUT2D eigenvalue weighted by Crippen LogP contribution is -2.52. The van der Waals surface area contributed by atoms with Crippen LogP contribution in [0.3, 0.4) is 0 Å². The number of anilines is 1. The number of hydrogen-bond acceptors (Lipinski definition) is 1. The first-order valence-electron chi connectivity index (χ1n) is 10.1. The molecule has 1 aliphatic carbocycles. The van der Waals surface area contributed by atoms with E-state index in [4.69, 9.17) is 6.57 Å². The summed E-state index contributed by atoms with van der Waals surface area (Å²) in [5.41, 5.74) is 3.59. The topological polar surface area (TPSA) is 33.5 Å². The quantitative estimate of drug-likeness (QED) is 0.487. The minimum absolute atomic E-state index is 0.0799. The minimum atomic E-state index is -1.25. The highest BCUT2D eigenvalue weighted by Gasteiger charge is 2.64. The van der Waals surface area contributed by atoms with Gasteiger partial charge >= 0.3 is 0 Å². The molecule has 140 valence electrons. The molecule has 1 aromatic rings. The van der Waals surface area contributed by atoms with Gasteiger partial charge in [-0.3, -0.25) is 4.79 Å². The summed E-state index contributed by atoms with van der Waals surface area (Å²) in [6.07, 6.45) is 12.5. The summed E-state index contributed by atoms with van der Waals surface area (Å²) >= 11 is 0. The molecule has 2 fully saturated rings. The molecular weight excluding hydrogens is 339 g/mol. The van der Waals surface area contributed by atoms with Crippen molar-refractivity contribution in [3.63, 3.8) is 0 Å². The average molecular weight is 371 g/mol. The normalized spacial score (nSPS) is 21.2. The Morgan fingerprint density at radius 1 is 1.12 bits per heavy atom. The van der Waals surface area contributed by atoms with Crippen LogP contribution in [0.4, 0.5) is 11.4 Å². The summed E-state index contributed by atoms with van der Waals surface area (Å²) in [5, 5.41) is 3.26. The summed E-state index contributed by atoms with van der Waals surface area (Å²) < 4.78 is 0. The maximum absolute atomic E-state index is 13.6. The van der Waals surface area contributed by atoms with Gasteiger partial charge in [0.05, 0.1) is 25.1 Å². The smallest absolute Gasteiger partial charge is 0.268 e. The van der Waals surface area contributed by atoms with Crippen molar-refractivity contribution in [2.45, 2.75) is 70.9 Å². The van der Waals surface area contributed by atoms with Gasteiger partial charge in [-0.1, -0.05) is 12.1 Å². The predicted molar refractivity (Wildman–Crippen MR) is 113 cm³/mol. The Kier molecular flexibility index (Phi) is 5.73. The van der Waals surface area contributed by atoms with Crippen LogP contribution in [-0.2, 0) is 4.79 Å². The minimum Gasteiger partial charge on any atom is -0.322 e. The van der Waals surface area contributed by atoms with Gasteiger partial charge in [0.1, 0.15) is 0 Å². The third-order valence-electron chi connectivity index (χ3n) is 6.92. The van der Waals surface area contributed by atoms with Crippen LogP contribution in [-0.4, -0.2) is 29.5 Å². The second-order valence-corrected chi connectivity index (χ2v) is 12.9. The molecule has 26 heavy (non-hydrogen) atoms. The van der Waals surface area contributed by atoms with E-state index in [0.29, 0.717) is 5.69 Å². The summed E-state index contributed by atoms with van der Waals surface area (Å²) in [4.78, 5) is 17.1. The van der Waals surface area contributed by atoms with Crippen molar-refractivity contribution < 1.29 is 4.79 Å². The number of benzene rings is 1. The summed E-state index contributed by atoms with van der Waals surface area (Å²) in [6, 6.07) is 3.78. The molecule has 1 heterocycles. The number of hydrogen-bond donors (Lipinski definition) is 1. The SMILES string of the molecule is [C-]#[N+]c1cc(C)c(NC(=O)C2([P+]3(CC)CCCCCC3)CCC2)c(C)c1. The van der Waals surface area contributed by atoms with E-state index < -0.39 is 7.26 Å². The number of aryl methyl sites for hydroxylation is 2. The van der Waals surface area contributed by atoms with Crippen LogP contribution < -0.4 is 5.32 Å². The molecule has 0 aromatic heterocycles. The number of nitrogens with one attached hydrogen (secondary N) is 1. The highest BCUT2D eigenvalue weighted by atomic mass is 31.2. The largest absolute Gasteiger partial charge is 0.322 e. The molecule has 1 aliphatic heterocycles. The molecule has 0 bridgehead atoms. The van der Waals surface area contributed by atoms with Gasteiger partial charge in [-0.15, -0.1) is 0 Å². The van der Waals surface area contributed by atoms with Crippen molar-refractivity contribution in [1.29, 1.82) is 0 Å². The van der Waals surface area contributed by atoms with Crippen LogP contribution in [0, 0.1) is 20.4 Å². The van der Waals surface area contributed by atoms with Crippen LogP contribution in [0.1, 0.15) is 63.0 Å². The molecule has 4 heteroatoms. The van der Waals surface area contributed by atoms with Gasteiger partial charge < -0.3 is 5.32 Å². The van der Waals surface area contributed by atoms with E-state index in [1.165, 1.54) is 50.6 Å². The van der Waals surface area contributed by atoms with Gasteiger partial charge in [-0.2, -0.15) is 0 Å². The second kappa shape index (κ2) is 7.69. The van der Waals surface area contributed by atoms with E-state index in [1.54, 1.807) is 0 Å². The summed E-state index contributed by atoms with van der Waals surface area (Å²) in [5.74, 6) is 0.280. The first-order chi connectivity index (χ1) is 12.5. The summed E-state index contributed by atoms with van der Waals surface area (Å²) in [6.45, 7) is 13.6. The lowest BCUT2D eigenvalue weighted by atomic mass is 9.83. The Hall–Kier alpha value is -1.39. The molecule has 0 atom stereocenters. The van der Waals surface area contributed by atoms with Crippen molar-refractivity contribution in [2.24, 2.45) is 0 Å². The number of nitrogens with zero attached hydrogens (tertiary/aromatic N) is 1. The fraction of sp³-hybridized carbons (Fsp3) is 0.636. The summed E-state index contributed by atoms with van der Waals surface area (Å²) in [7, 11) is -1.25. The van der Waals surface area contributed by atoms with Crippen molar-refractivity contribution >= 4 is 24.5 Å². The zero-order valence-electron chi connectivity index (χ0n) is 16.5. The van der Waals surface area contributed by atoms with E-state index in [2.05, 4.69) is 17.1 Å². The third kappa shape index (κ3) is 3.18. The van der Waals surface area contributed by atoms with E-state index in [1.807, 2.05) is 26.0 Å². The first-order valence-corrected chi connectivity index (χ1v) is 12.5. The highest BCUT2D eigenvalue weighted by molar-refractivity contribution is 7.78. The lowest BCUT2D eigenvalue weighted by molar-refractivity contribution is -0.120. The highest BCUT2D eigenvalue weighted by Crippen LogP contribution is 2.76. The number of amides is 1. The first kappa shape index (κ1) is 19.4. The van der Waals surface area contributed by atoms with Crippen LogP contribution in [0.5, 0.6) is 0 Å². The number of carbonyl (C=O) groups excluding carboxylic acids is 1. The van der Waals surface area contributed by atoms with Crippen molar-refractivity contribution in [2.75, 3.05) is 23.8 Å². The van der Waals surface area contributed by atoms with Gasteiger partial charge in [0.15, 0.2) is 10.8 Å². The van der Waals surface area contributed by atoms with Gasteiger partial charge in [0.25, 0.3) is 5.91 Å². The van der Waals surface area contributed by atoms with E-state index in [0.717, 1.165) is 29.7 Å². The number of rotatable bonds is 4. The van der Waals surface area contributed by atoms with Gasteiger partial charge in [0.2, 0.25) is 0 Å². The maximum atomic E-state index is 13.6. The zero-order valence-corrected chi connectivity index (χ0v) is 17.4. The Balaban J connectivity index is 1.91. The molecule has 3 nitrogen and oxygen atoms in total. The third-order valence-corrected chi connectivity index (χ3v) is 12.9. The molecule has 3 rings (SSSR count). The molecular formula is C22H32N2OP+. The Morgan fingerprint density at radius 2 is 1.69 bits per heavy atom. The Morgan fingerprint density at radius 3 is 2.12 bits per heavy atom.